The average Bonchev–Trinajstić information content (AvgIpc) is 2.73. The lowest BCUT2D eigenvalue weighted by Crippen LogP contribution is -2.45. The van der Waals surface area contributed by atoms with Gasteiger partial charge in [-0.05, 0) is 12.8 Å². The summed E-state index contributed by atoms with van der Waals surface area (Å²) >= 11 is 1.82. The number of aliphatic imine (C=N–C) groups is 1. The second-order valence-corrected chi connectivity index (χ2v) is 6.44. The van der Waals surface area contributed by atoms with Crippen LogP contribution in [0, 0.1) is 0 Å². The lowest BCUT2D eigenvalue weighted by molar-refractivity contribution is -0.128. The molecule has 1 amide bonds. The quantitative estimate of drug-likeness (QED) is 0.850. The van der Waals surface area contributed by atoms with E-state index in [4.69, 9.17) is 0 Å². The van der Waals surface area contributed by atoms with Gasteiger partial charge in [0.15, 0.2) is 5.17 Å². The summed E-state index contributed by atoms with van der Waals surface area (Å²) in [6.45, 7) is 0.600. The lowest BCUT2D eigenvalue weighted by atomic mass is 9.83. The lowest BCUT2D eigenvalue weighted by Gasteiger charge is -2.32. The second-order valence-electron chi connectivity index (χ2n) is 5.48. The van der Waals surface area contributed by atoms with Gasteiger partial charge in [-0.3, -0.25) is 9.79 Å². The summed E-state index contributed by atoms with van der Waals surface area (Å²) in [7, 11) is 3.57. The van der Waals surface area contributed by atoms with Crippen LogP contribution in [0.3, 0.4) is 0 Å². The van der Waals surface area contributed by atoms with Crippen molar-refractivity contribution in [2.45, 2.75) is 44.1 Å². The van der Waals surface area contributed by atoms with Gasteiger partial charge in [0.25, 0.3) is 0 Å². The number of amidine groups is 1. The summed E-state index contributed by atoms with van der Waals surface area (Å²) in [4.78, 5) is 17.6. The molecule has 1 aliphatic carbocycles. The van der Waals surface area contributed by atoms with Crippen molar-refractivity contribution in [3.05, 3.63) is 0 Å². The Kier molecular flexibility index (Phi) is 4.54. The fourth-order valence-electron chi connectivity index (χ4n) is 2.57. The molecular weight excluding hydrogens is 246 g/mol. The van der Waals surface area contributed by atoms with E-state index in [1.54, 1.807) is 19.0 Å². The zero-order valence-electron chi connectivity index (χ0n) is 11.4. The fourth-order valence-corrected chi connectivity index (χ4v) is 3.81. The predicted octanol–water partition coefficient (Wildman–Crippen LogP) is 1.86. The van der Waals surface area contributed by atoms with Crippen LogP contribution in [0.2, 0.25) is 0 Å². The van der Waals surface area contributed by atoms with E-state index in [2.05, 4.69) is 10.3 Å². The molecule has 0 unspecified atom stereocenters. The van der Waals surface area contributed by atoms with Gasteiger partial charge in [0, 0.05) is 31.8 Å². The molecule has 0 aromatic carbocycles. The minimum atomic E-state index is 0.148. The maximum atomic E-state index is 11.4. The van der Waals surface area contributed by atoms with Gasteiger partial charge in [-0.2, -0.15) is 0 Å². The Labute approximate surface area is 114 Å². The topological polar surface area (TPSA) is 44.7 Å². The monoisotopic (exact) mass is 269 g/mol. The zero-order chi connectivity index (χ0) is 13.0. The molecule has 1 aliphatic heterocycles. The van der Waals surface area contributed by atoms with Crippen LogP contribution in [-0.4, -0.2) is 47.9 Å². The third-order valence-corrected chi connectivity index (χ3v) is 4.95. The van der Waals surface area contributed by atoms with Crippen LogP contribution in [0.5, 0.6) is 0 Å². The van der Waals surface area contributed by atoms with Crippen LogP contribution >= 0.6 is 11.8 Å². The van der Waals surface area contributed by atoms with Crippen molar-refractivity contribution >= 4 is 22.8 Å². The predicted molar refractivity (Wildman–Crippen MR) is 77.0 cm³/mol. The average molecular weight is 269 g/mol. The summed E-state index contributed by atoms with van der Waals surface area (Å²) in [5, 5.41) is 4.64. The molecule has 0 atom stereocenters. The van der Waals surface area contributed by atoms with Crippen molar-refractivity contribution in [1.29, 1.82) is 0 Å². The van der Waals surface area contributed by atoms with E-state index in [-0.39, 0.29) is 5.91 Å². The first-order valence-corrected chi connectivity index (χ1v) is 7.75. The Hall–Kier alpha value is -0.710. The molecule has 102 valence electrons. The molecule has 1 heterocycles. The summed E-state index contributed by atoms with van der Waals surface area (Å²) in [5.41, 5.74) is 0.313. The third-order valence-electron chi connectivity index (χ3n) is 3.75. The van der Waals surface area contributed by atoms with Crippen molar-refractivity contribution < 1.29 is 4.79 Å². The van der Waals surface area contributed by atoms with E-state index in [0.29, 0.717) is 18.5 Å². The van der Waals surface area contributed by atoms with Crippen molar-refractivity contribution in [3.63, 3.8) is 0 Å². The number of thioether (sulfide) groups is 1. The number of hydrogen-bond acceptors (Lipinski definition) is 3. The summed E-state index contributed by atoms with van der Waals surface area (Å²) < 4.78 is 0. The van der Waals surface area contributed by atoms with Gasteiger partial charge in [-0.1, -0.05) is 31.0 Å². The summed E-state index contributed by atoms with van der Waals surface area (Å²) in [5.74, 6) is 1.29. The highest BCUT2D eigenvalue weighted by Crippen LogP contribution is 2.36. The van der Waals surface area contributed by atoms with Crippen molar-refractivity contribution in [1.82, 2.24) is 10.2 Å². The normalized spacial score (nSPS) is 24.2. The van der Waals surface area contributed by atoms with Gasteiger partial charge in [0.05, 0.1) is 6.54 Å². The van der Waals surface area contributed by atoms with Crippen LogP contribution in [0.4, 0.5) is 0 Å². The standard InChI is InChI=1S/C13H23N3OS/c1-16(2)11(17)6-9-14-12-15-13(10-18-12)7-4-3-5-8-13/h3-10H2,1-2H3,(H,14,15). The molecule has 0 aromatic heterocycles. The first kappa shape index (κ1) is 13.7. The maximum absolute atomic E-state index is 11.4. The molecule has 2 aliphatic rings. The summed E-state index contributed by atoms with van der Waals surface area (Å²) in [6, 6.07) is 0. The van der Waals surface area contributed by atoms with Crippen LogP contribution in [-0.2, 0) is 4.79 Å². The number of amides is 1. The Morgan fingerprint density at radius 2 is 2.11 bits per heavy atom. The molecule has 5 heteroatoms. The highest BCUT2D eigenvalue weighted by Gasteiger charge is 2.37. The van der Waals surface area contributed by atoms with Crippen molar-refractivity contribution in [3.8, 4) is 0 Å². The molecule has 1 N–H and O–H groups in total. The molecule has 0 aromatic rings. The molecule has 1 saturated heterocycles. The second kappa shape index (κ2) is 5.95. The van der Waals surface area contributed by atoms with Crippen LogP contribution in [0.1, 0.15) is 38.5 Å². The van der Waals surface area contributed by atoms with E-state index in [9.17, 15) is 4.79 Å². The van der Waals surface area contributed by atoms with Gasteiger partial charge in [0.2, 0.25) is 5.91 Å². The number of rotatable bonds is 3. The minimum Gasteiger partial charge on any atom is -0.359 e. The highest BCUT2D eigenvalue weighted by atomic mass is 32.2. The molecule has 2 rings (SSSR count). The number of carbonyl (C=O) groups is 1. The molecule has 2 fully saturated rings. The van der Waals surface area contributed by atoms with Crippen LogP contribution in [0.15, 0.2) is 4.99 Å². The maximum Gasteiger partial charge on any atom is 0.223 e. The number of nitrogens with zero attached hydrogens (tertiary/aromatic N) is 2. The van der Waals surface area contributed by atoms with Gasteiger partial charge >= 0.3 is 0 Å². The Balaban J connectivity index is 1.79. The SMILES string of the molecule is CN(C)C(=O)CCN=C1NC2(CCCCC2)CS1. The van der Waals surface area contributed by atoms with Crippen LogP contribution < -0.4 is 5.32 Å². The van der Waals surface area contributed by atoms with Gasteiger partial charge in [0.1, 0.15) is 0 Å². The summed E-state index contributed by atoms with van der Waals surface area (Å²) in [6.07, 6.45) is 7.09. The Morgan fingerprint density at radius 1 is 1.39 bits per heavy atom. The molecule has 1 saturated carbocycles. The number of nitrogens with one attached hydrogen (secondary N) is 1. The van der Waals surface area contributed by atoms with E-state index in [1.165, 1.54) is 32.1 Å². The largest absolute Gasteiger partial charge is 0.359 e. The molecule has 0 radical (unpaired) electrons. The van der Waals surface area contributed by atoms with E-state index >= 15 is 0 Å². The van der Waals surface area contributed by atoms with Crippen molar-refractivity contribution in [2.75, 3.05) is 26.4 Å². The number of hydrogen-bond donors (Lipinski definition) is 1. The Bertz CT molecular complexity index is 335. The molecule has 1 spiro atoms. The molecule has 18 heavy (non-hydrogen) atoms. The Morgan fingerprint density at radius 3 is 2.78 bits per heavy atom. The van der Waals surface area contributed by atoms with E-state index in [1.807, 2.05) is 11.8 Å². The highest BCUT2D eigenvalue weighted by molar-refractivity contribution is 8.14. The smallest absolute Gasteiger partial charge is 0.223 e. The first-order chi connectivity index (χ1) is 8.61. The van der Waals surface area contributed by atoms with E-state index < -0.39 is 0 Å². The van der Waals surface area contributed by atoms with Crippen molar-refractivity contribution in [2.24, 2.45) is 4.99 Å². The third kappa shape index (κ3) is 3.40. The van der Waals surface area contributed by atoms with Gasteiger partial charge in [-0.15, -0.1) is 0 Å². The fraction of sp³-hybridized carbons (Fsp3) is 0.846. The van der Waals surface area contributed by atoms with Gasteiger partial charge in [-0.25, -0.2) is 0 Å². The first-order valence-electron chi connectivity index (χ1n) is 6.77. The molecule has 0 bridgehead atoms. The number of carbonyl (C=O) groups excluding carboxylic acids is 1. The van der Waals surface area contributed by atoms with E-state index in [0.717, 1.165) is 10.9 Å². The van der Waals surface area contributed by atoms with Gasteiger partial charge < -0.3 is 10.2 Å². The molecule has 4 nitrogen and oxygen atoms in total. The van der Waals surface area contributed by atoms with Crippen LogP contribution in [0.25, 0.3) is 0 Å². The molecular formula is C13H23N3OS. The zero-order valence-corrected chi connectivity index (χ0v) is 12.2. The minimum absolute atomic E-state index is 0.148.